The number of rotatable bonds is 5. The van der Waals surface area contributed by atoms with Crippen LogP contribution in [0.3, 0.4) is 0 Å². The topological polar surface area (TPSA) is 84.5 Å². The smallest absolute Gasteiger partial charge is 0.189 e. The Morgan fingerprint density at radius 1 is 1.29 bits per heavy atom. The van der Waals surface area contributed by atoms with Crippen molar-refractivity contribution in [2.45, 2.75) is 50.6 Å². The van der Waals surface area contributed by atoms with E-state index in [9.17, 15) is 8.42 Å². The number of hydrogen-bond acceptors (Lipinski definition) is 3. The van der Waals surface area contributed by atoms with Crippen molar-refractivity contribution >= 4 is 15.8 Å². The first kappa shape index (κ1) is 17.5. The molecule has 1 unspecified atom stereocenters. The maximum atomic E-state index is 12.3. The normalized spacial score (nSPS) is 14.8. The van der Waals surface area contributed by atoms with Gasteiger partial charge in [-0.3, -0.25) is 0 Å². The Balaban J connectivity index is 2.86. The van der Waals surface area contributed by atoms with Gasteiger partial charge in [0.2, 0.25) is 0 Å². The number of nitrogens with one attached hydrogen (secondary N) is 1. The zero-order valence-corrected chi connectivity index (χ0v) is 13.9. The molecule has 0 amide bonds. The second kappa shape index (κ2) is 6.93. The first-order valence-corrected chi connectivity index (χ1v) is 8.68. The summed E-state index contributed by atoms with van der Waals surface area (Å²) in [5.41, 5.74) is 5.63. The zero-order valence-electron chi connectivity index (χ0n) is 13.1. The van der Waals surface area contributed by atoms with Crippen molar-refractivity contribution in [2.75, 3.05) is 5.75 Å². The Hall–Kier alpha value is -1.56. The molecule has 3 N–H and O–H groups in total. The minimum absolute atomic E-state index is 0.0416. The summed E-state index contributed by atoms with van der Waals surface area (Å²) in [7, 11) is -3.35. The largest absolute Gasteiger partial charge is 0.370 e. The molecule has 0 bridgehead atoms. The molecule has 0 fully saturated rings. The van der Waals surface area contributed by atoms with Crippen LogP contribution in [0.4, 0.5) is 0 Å². The van der Waals surface area contributed by atoms with Crippen LogP contribution >= 0.6 is 0 Å². The van der Waals surface area contributed by atoms with Crippen LogP contribution in [0, 0.1) is 0 Å². The molecule has 0 aromatic heterocycles. The van der Waals surface area contributed by atoms with Gasteiger partial charge in [0.1, 0.15) is 0 Å². The minimum Gasteiger partial charge on any atom is -0.370 e. The lowest BCUT2D eigenvalue weighted by atomic mass is 10.1. The summed E-state index contributed by atoms with van der Waals surface area (Å²) in [6.07, 6.45) is 0.610. The van der Waals surface area contributed by atoms with E-state index in [0.29, 0.717) is 11.3 Å². The molecule has 1 aromatic rings. The van der Waals surface area contributed by atoms with Gasteiger partial charge in [0.15, 0.2) is 15.8 Å². The van der Waals surface area contributed by atoms with Crippen LogP contribution in [-0.4, -0.2) is 31.7 Å². The first-order valence-electron chi connectivity index (χ1n) is 7.03. The van der Waals surface area contributed by atoms with Gasteiger partial charge < -0.3 is 11.1 Å². The Morgan fingerprint density at radius 3 is 2.33 bits per heavy atom. The molecule has 1 aromatic carbocycles. The third-order valence-corrected chi connectivity index (χ3v) is 4.62. The van der Waals surface area contributed by atoms with Gasteiger partial charge in [0.25, 0.3) is 0 Å². The number of aliphatic imine (C=N–C) groups is 1. The number of hydrogen-bond donors (Lipinski definition) is 2. The van der Waals surface area contributed by atoms with E-state index < -0.39 is 9.84 Å². The fourth-order valence-electron chi connectivity index (χ4n) is 1.84. The monoisotopic (exact) mass is 311 g/mol. The van der Waals surface area contributed by atoms with Crippen LogP contribution in [-0.2, 0) is 9.84 Å². The van der Waals surface area contributed by atoms with Crippen LogP contribution < -0.4 is 11.1 Å². The average molecular weight is 311 g/mol. The SMILES string of the molecule is CCC(CS(=O)(=O)c1ccccc1)N=C(N)NC(C)(C)C. The summed E-state index contributed by atoms with van der Waals surface area (Å²) in [6, 6.07) is 8.06. The maximum absolute atomic E-state index is 12.3. The third kappa shape index (κ3) is 6.16. The molecule has 1 atom stereocenters. The fourth-order valence-corrected chi connectivity index (χ4v) is 3.42. The summed E-state index contributed by atoms with van der Waals surface area (Å²) in [6.45, 7) is 7.81. The third-order valence-electron chi connectivity index (χ3n) is 2.81. The van der Waals surface area contributed by atoms with Gasteiger partial charge in [-0.2, -0.15) is 0 Å². The van der Waals surface area contributed by atoms with Gasteiger partial charge in [-0.1, -0.05) is 25.1 Å². The molecular formula is C15H25N3O2S. The van der Waals surface area contributed by atoms with Gasteiger partial charge in [0, 0.05) is 5.54 Å². The quantitative estimate of drug-likeness (QED) is 0.643. The molecule has 0 radical (unpaired) electrons. The van der Waals surface area contributed by atoms with Crippen LogP contribution in [0.2, 0.25) is 0 Å². The summed E-state index contributed by atoms with van der Waals surface area (Å²) >= 11 is 0. The van der Waals surface area contributed by atoms with Crippen molar-refractivity contribution in [3.63, 3.8) is 0 Å². The number of guanidine groups is 1. The highest BCUT2D eigenvalue weighted by molar-refractivity contribution is 7.91. The van der Waals surface area contributed by atoms with Gasteiger partial charge in [-0.15, -0.1) is 0 Å². The van der Waals surface area contributed by atoms with Crippen LogP contribution in [0.15, 0.2) is 40.2 Å². The molecule has 0 aliphatic heterocycles. The van der Waals surface area contributed by atoms with E-state index in [4.69, 9.17) is 5.73 Å². The Kier molecular flexibility index (Phi) is 5.78. The van der Waals surface area contributed by atoms with E-state index in [1.54, 1.807) is 30.3 Å². The summed E-state index contributed by atoms with van der Waals surface area (Å²) in [5, 5.41) is 3.04. The van der Waals surface area contributed by atoms with E-state index in [2.05, 4.69) is 10.3 Å². The molecular weight excluding hydrogens is 286 g/mol. The average Bonchev–Trinajstić information content (AvgIpc) is 2.36. The standard InChI is InChI=1S/C15H25N3O2S/c1-5-12(17-14(16)18-15(2,3)4)11-21(19,20)13-9-7-6-8-10-13/h6-10,12H,5,11H2,1-4H3,(H3,16,17,18). The van der Waals surface area contributed by atoms with Gasteiger partial charge in [-0.25, -0.2) is 13.4 Å². The predicted octanol–water partition coefficient (Wildman–Crippen LogP) is 1.94. The van der Waals surface area contributed by atoms with Crippen LogP contribution in [0.5, 0.6) is 0 Å². The number of nitrogens with zero attached hydrogens (tertiary/aromatic N) is 1. The van der Waals surface area contributed by atoms with Crippen LogP contribution in [0.25, 0.3) is 0 Å². The van der Waals surface area contributed by atoms with Crippen molar-refractivity contribution in [3.05, 3.63) is 30.3 Å². The summed E-state index contributed by atoms with van der Waals surface area (Å²) in [4.78, 5) is 4.62. The fraction of sp³-hybridized carbons (Fsp3) is 0.533. The highest BCUT2D eigenvalue weighted by atomic mass is 32.2. The lowest BCUT2D eigenvalue weighted by Crippen LogP contribution is -2.45. The lowest BCUT2D eigenvalue weighted by Gasteiger charge is -2.22. The molecule has 6 heteroatoms. The number of sulfone groups is 1. The van der Waals surface area contributed by atoms with Crippen molar-refractivity contribution in [2.24, 2.45) is 10.7 Å². The maximum Gasteiger partial charge on any atom is 0.189 e. The van der Waals surface area contributed by atoms with Crippen molar-refractivity contribution in [1.82, 2.24) is 5.32 Å². The minimum atomic E-state index is -3.35. The van der Waals surface area contributed by atoms with Gasteiger partial charge >= 0.3 is 0 Å². The molecule has 0 saturated carbocycles. The number of nitrogens with two attached hydrogens (primary N) is 1. The van der Waals surface area contributed by atoms with E-state index in [0.717, 1.165) is 0 Å². The molecule has 1 rings (SSSR count). The summed E-state index contributed by atoms with van der Waals surface area (Å²) in [5.74, 6) is 0.234. The number of benzene rings is 1. The second-order valence-corrected chi connectivity index (χ2v) is 8.08. The molecule has 0 aliphatic rings. The molecule has 5 nitrogen and oxygen atoms in total. The molecule has 0 spiro atoms. The summed E-state index contributed by atoms with van der Waals surface area (Å²) < 4.78 is 24.7. The second-order valence-electron chi connectivity index (χ2n) is 6.05. The molecule has 0 saturated heterocycles. The lowest BCUT2D eigenvalue weighted by molar-refractivity contribution is 0.506. The Labute approximate surface area is 127 Å². The van der Waals surface area contributed by atoms with E-state index >= 15 is 0 Å². The molecule has 21 heavy (non-hydrogen) atoms. The van der Waals surface area contributed by atoms with Gasteiger partial charge in [0.05, 0.1) is 16.7 Å². The predicted molar refractivity (Wildman–Crippen MR) is 87.1 cm³/mol. The molecule has 118 valence electrons. The molecule has 0 heterocycles. The van der Waals surface area contributed by atoms with E-state index in [1.165, 1.54) is 0 Å². The highest BCUT2D eigenvalue weighted by Crippen LogP contribution is 2.14. The zero-order chi connectivity index (χ0) is 16.1. The van der Waals surface area contributed by atoms with Crippen molar-refractivity contribution < 1.29 is 8.42 Å². The Morgan fingerprint density at radius 2 is 1.86 bits per heavy atom. The van der Waals surface area contributed by atoms with Crippen molar-refractivity contribution in [3.8, 4) is 0 Å². The highest BCUT2D eigenvalue weighted by Gasteiger charge is 2.20. The van der Waals surface area contributed by atoms with E-state index in [1.807, 2.05) is 27.7 Å². The molecule has 0 aliphatic carbocycles. The first-order chi connectivity index (χ1) is 9.64. The van der Waals surface area contributed by atoms with Crippen molar-refractivity contribution in [1.29, 1.82) is 0 Å². The van der Waals surface area contributed by atoms with E-state index in [-0.39, 0.29) is 23.3 Å². The Bertz CT molecular complexity index is 575. The van der Waals surface area contributed by atoms with Gasteiger partial charge in [-0.05, 0) is 39.3 Å². The van der Waals surface area contributed by atoms with Crippen LogP contribution in [0.1, 0.15) is 34.1 Å².